The first-order chi connectivity index (χ1) is 16.0. The first-order valence-corrected chi connectivity index (χ1v) is 12.6. The second-order valence-electron chi connectivity index (χ2n) is 10.3. The zero-order valence-corrected chi connectivity index (χ0v) is 19.2. The van der Waals surface area contributed by atoms with E-state index in [2.05, 4.69) is 35.6 Å². The fraction of sp³-hybridized carbons (Fsp3) is 0.692. The van der Waals surface area contributed by atoms with Crippen molar-refractivity contribution in [2.75, 3.05) is 19.8 Å². The molecule has 2 heterocycles. The van der Waals surface area contributed by atoms with E-state index in [9.17, 15) is 14.0 Å². The van der Waals surface area contributed by atoms with Crippen molar-refractivity contribution in [3.05, 3.63) is 35.9 Å². The van der Waals surface area contributed by atoms with Crippen LogP contribution in [-0.2, 0) is 14.3 Å². The second kappa shape index (κ2) is 9.61. The first-order valence-electron chi connectivity index (χ1n) is 12.6. The highest BCUT2D eigenvalue weighted by Crippen LogP contribution is 2.39. The van der Waals surface area contributed by atoms with Crippen LogP contribution in [0.2, 0.25) is 0 Å². The maximum atomic E-state index is 13.5. The van der Waals surface area contributed by atoms with Gasteiger partial charge in [0.1, 0.15) is 6.17 Å². The molecule has 180 valence electrons. The van der Waals surface area contributed by atoms with E-state index in [1.807, 2.05) is 4.90 Å². The van der Waals surface area contributed by atoms with E-state index in [1.54, 1.807) is 0 Å². The maximum Gasteiger partial charge on any atom is 0.407 e. The molecule has 1 N–H and O–H groups in total. The van der Waals surface area contributed by atoms with Crippen LogP contribution < -0.4 is 5.32 Å². The number of nitrogens with zero attached hydrogens (tertiary/aromatic N) is 1. The minimum Gasteiger partial charge on any atom is -0.449 e. The topological polar surface area (TPSA) is 67.9 Å². The van der Waals surface area contributed by atoms with Crippen LogP contribution in [-0.4, -0.2) is 60.5 Å². The van der Waals surface area contributed by atoms with E-state index in [0.717, 1.165) is 38.5 Å². The number of halogens is 1. The summed E-state index contributed by atoms with van der Waals surface area (Å²) in [5.41, 5.74) is 0.874. The van der Waals surface area contributed by atoms with Crippen LogP contribution in [0.1, 0.15) is 69.3 Å². The molecular weight excluding hydrogens is 423 g/mol. The van der Waals surface area contributed by atoms with Gasteiger partial charge in [-0.05, 0) is 62.8 Å². The Morgan fingerprint density at radius 1 is 1.15 bits per heavy atom. The van der Waals surface area contributed by atoms with Gasteiger partial charge in [-0.1, -0.05) is 30.3 Å². The highest BCUT2D eigenvalue weighted by atomic mass is 19.1. The molecule has 2 amide bonds. The molecule has 2 saturated carbocycles. The van der Waals surface area contributed by atoms with Gasteiger partial charge in [0, 0.05) is 18.9 Å². The Bertz CT molecular complexity index is 834. The van der Waals surface area contributed by atoms with E-state index in [0.29, 0.717) is 44.9 Å². The summed E-state index contributed by atoms with van der Waals surface area (Å²) in [7, 11) is 0. The molecule has 2 aliphatic carbocycles. The predicted molar refractivity (Wildman–Crippen MR) is 122 cm³/mol. The number of alkyl halides is 1. The van der Waals surface area contributed by atoms with Crippen molar-refractivity contribution in [3.63, 3.8) is 0 Å². The number of hydrogen-bond donors (Lipinski definition) is 1. The van der Waals surface area contributed by atoms with Crippen LogP contribution in [0.4, 0.5) is 9.18 Å². The Hall–Kier alpha value is -2.15. The van der Waals surface area contributed by atoms with Crippen LogP contribution in [0, 0.1) is 5.92 Å². The normalized spacial score (nSPS) is 36.6. The van der Waals surface area contributed by atoms with Crippen LogP contribution in [0.5, 0.6) is 0 Å². The SMILES string of the molecule is O=C1NC2(CCCN(C(=O)C3CC(F)C3)C2COC2CCC(c3ccccc3)CC2)CCO1. The average molecular weight is 459 g/mol. The fourth-order valence-electron chi connectivity index (χ4n) is 6.26. The van der Waals surface area contributed by atoms with E-state index in [1.165, 1.54) is 5.56 Å². The van der Waals surface area contributed by atoms with Gasteiger partial charge in [0.15, 0.2) is 0 Å². The molecule has 0 bridgehead atoms. The monoisotopic (exact) mass is 458 g/mol. The Balaban J connectivity index is 1.25. The second-order valence-corrected chi connectivity index (χ2v) is 10.3. The summed E-state index contributed by atoms with van der Waals surface area (Å²) in [6.07, 6.45) is 5.96. The molecule has 4 fully saturated rings. The van der Waals surface area contributed by atoms with Crippen molar-refractivity contribution >= 4 is 12.0 Å². The molecule has 2 unspecified atom stereocenters. The van der Waals surface area contributed by atoms with Crippen molar-refractivity contribution < 1.29 is 23.5 Å². The highest BCUT2D eigenvalue weighted by molar-refractivity contribution is 5.81. The van der Waals surface area contributed by atoms with Crippen molar-refractivity contribution in [1.29, 1.82) is 0 Å². The molecule has 2 aliphatic heterocycles. The fourth-order valence-corrected chi connectivity index (χ4v) is 6.26. The molecule has 7 heteroatoms. The number of nitrogens with one attached hydrogen (secondary N) is 1. The summed E-state index contributed by atoms with van der Waals surface area (Å²) in [4.78, 5) is 27.3. The van der Waals surface area contributed by atoms with Crippen LogP contribution in [0.3, 0.4) is 0 Å². The van der Waals surface area contributed by atoms with Gasteiger partial charge in [-0.2, -0.15) is 0 Å². The smallest absolute Gasteiger partial charge is 0.407 e. The van der Waals surface area contributed by atoms with Gasteiger partial charge in [0.25, 0.3) is 0 Å². The lowest BCUT2D eigenvalue weighted by Crippen LogP contribution is -2.70. The Morgan fingerprint density at radius 2 is 1.91 bits per heavy atom. The average Bonchev–Trinajstić information content (AvgIpc) is 2.81. The highest BCUT2D eigenvalue weighted by Gasteiger charge is 2.51. The van der Waals surface area contributed by atoms with Crippen LogP contribution >= 0.6 is 0 Å². The van der Waals surface area contributed by atoms with Crippen molar-refractivity contribution in [1.82, 2.24) is 10.2 Å². The van der Waals surface area contributed by atoms with Gasteiger partial charge in [-0.15, -0.1) is 0 Å². The molecule has 1 aromatic carbocycles. The molecule has 0 aromatic heterocycles. The number of hydrogen-bond acceptors (Lipinski definition) is 4. The number of piperidine rings is 1. The van der Waals surface area contributed by atoms with Crippen molar-refractivity contribution in [3.8, 4) is 0 Å². The molecule has 0 radical (unpaired) electrons. The summed E-state index contributed by atoms with van der Waals surface area (Å²) in [5.74, 6) is 0.354. The number of benzene rings is 1. The number of amides is 2. The third kappa shape index (κ3) is 4.75. The third-order valence-electron chi connectivity index (χ3n) is 8.32. The molecule has 4 aliphatic rings. The molecule has 33 heavy (non-hydrogen) atoms. The Labute approximate surface area is 195 Å². The van der Waals surface area contributed by atoms with Crippen LogP contribution in [0.15, 0.2) is 30.3 Å². The van der Waals surface area contributed by atoms with Gasteiger partial charge in [-0.3, -0.25) is 4.79 Å². The number of cyclic esters (lactones) is 1. The quantitative estimate of drug-likeness (QED) is 0.713. The Kier molecular flexibility index (Phi) is 6.59. The molecule has 2 saturated heterocycles. The molecule has 1 spiro atoms. The zero-order chi connectivity index (χ0) is 22.8. The van der Waals surface area contributed by atoms with Gasteiger partial charge < -0.3 is 19.7 Å². The molecular formula is C26H35FN2O4. The molecule has 1 aromatic rings. The first kappa shape index (κ1) is 22.6. The molecule has 2 atom stereocenters. The minimum absolute atomic E-state index is 0.0186. The number of carbonyl (C=O) groups is 2. The summed E-state index contributed by atoms with van der Waals surface area (Å²) < 4.78 is 25.1. The number of likely N-dealkylation sites (tertiary alicyclic amines) is 1. The standard InChI is InChI=1S/C26H35FN2O4/c27-21-15-20(16-21)24(30)29-13-4-11-26(12-14-32-25(31)28-26)23(29)17-33-22-9-7-19(8-10-22)18-5-2-1-3-6-18/h1-3,5-6,19-23H,4,7-17H2,(H,28,31). The van der Waals surface area contributed by atoms with Gasteiger partial charge in [0.05, 0.1) is 30.9 Å². The number of alkyl carbamates (subject to hydrolysis) is 1. The van der Waals surface area contributed by atoms with Crippen LogP contribution in [0.25, 0.3) is 0 Å². The lowest BCUT2D eigenvalue weighted by atomic mass is 9.76. The Morgan fingerprint density at radius 3 is 2.61 bits per heavy atom. The number of ether oxygens (including phenoxy) is 2. The summed E-state index contributed by atoms with van der Waals surface area (Å²) >= 11 is 0. The van der Waals surface area contributed by atoms with E-state index in [-0.39, 0.29) is 24.0 Å². The minimum atomic E-state index is -0.866. The van der Waals surface area contributed by atoms with Crippen molar-refractivity contribution in [2.24, 2.45) is 5.92 Å². The number of rotatable bonds is 5. The number of carbonyl (C=O) groups excluding carboxylic acids is 2. The van der Waals surface area contributed by atoms with E-state index < -0.39 is 17.8 Å². The third-order valence-corrected chi connectivity index (χ3v) is 8.32. The lowest BCUT2D eigenvalue weighted by molar-refractivity contribution is -0.152. The van der Waals surface area contributed by atoms with E-state index >= 15 is 0 Å². The summed E-state index contributed by atoms with van der Waals surface area (Å²) in [5, 5.41) is 3.06. The summed E-state index contributed by atoms with van der Waals surface area (Å²) in [6, 6.07) is 10.4. The zero-order valence-electron chi connectivity index (χ0n) is 19.2. The summed E-state index contributed by atoms with van der Waals surface area (Å²) in [6.45, 7) is 1.39. The molecule has 6 nitrogen and oxygen atoms in total. The van der Waals surface area contributed by atoms with Gasteiger partial charge in [-0.25, -0.2) is 9.18 Å². The molecule has 5 rings (SSSR count). The van der Waals surface area contributed by atoms with Crippen molar-refractivity contribution in [2.45, 2.75) is 87.6 Å². The van der Waals surface area contributed by atoms with Gasteiger partial charge >= 0.3 is 6.09 Å². The lowest BCUT2D eigenvalue weighted by Gasteiger charge is -2.52. The van der Waals surface area contributed by atoms with E-state index in [4.69, 9.17) is 9.47 Å². The predicted octanol–water partition coefficient (Wildman–Crippen LogP) is 4.34. The maximum absolute atomic E-state index is 13.5. The largest absolute Gasteiger partial charge is 0.449 e. The van der Waals surface area contributed by atoms with Gasteiger partial charge in [0.2, 0.25) is 5.91 Å².